The second-order valence-electron chi connectivity index (χ2n) is 5.85. The van der Waals surface area contributed by atoms with Crippen molar-refractivity contribution in [3.05, 3.63) is 64.0 Å². The van der Waals surface area contributed by atoms with Crippen LogP contribution in [0.3, 0.4) is 0 Å². The molecule has 0 aliphatic rings. The lowest BCUT2D eigenvalue weighted by molar-refractivity contribution is -0.0877. The zero-order chi connectivity index (χ0) is 19.5. The predicted octanol–water partition coefficient (Wildman–Crippen LogP) is 7.20. The van der Waals surface area contributed by atoms with Crippen molar-refractivity contribution >= 4 is 5.57 Å². The van der Waals surface area contributed by atoms with Crippen molar-refractivity contribution in [3.63, 3.8) is 0 Å². The van der Waals surface area contributed by atoms with Crippen molar-refractivity contribution in [2.24, 2.45) is 0 Å². The standard InChI is InChI=1S/C19H20F6/c1-6-7-15(20)18(22)14(9-11(3)19(23,24)25)17-10(2)8-16(21)12(4)13(17)5/h8-9H,3,6-7H2,1-2,4-5H3/b14-9-,18-15+. The number of hydrogen-bond acceptors (Lipinski definition) is 0. The van der Waals surface area contributed by atoms with Crippen LogP contribution in [-0.2, 0) is 0 Å². The van der Waals surface area contributed by atoms with Gasteiger partial charge in [0, 0.05) is 17.6 Å². The van der Waals surface area contributed by atoms with E-state index in [2.05, 4.69) is 6.58 Å². The first-order valence-corrected chi connectivity index (χ1v) is 7.70. The normalized spacial score (nSPS) is 13.8. The molecule has 138 valence electrons. The molecule has 0 radical (unpaired) electrons. The first kappa shape index (κ1) is 21.1. The Bertz CT molecular complexity index is 735. The van der Waals surface area contributed by atoms with Gasteiger partial charge in [-0.05, 0) is 61.6 Å². The minimum absolute atomic E-state index is 0.0352. The van der Waals surface area contributed by atoms with Crippen LogP contribution < -0.4 is 0 Å². The van der Waals surface area contributed by atoms with E-state index in [1.165, 1.54) is 20.8 Å². The Morgan fingerprint density at radius 1 is 1.12 bits per heavy atom. The first-order valence-electron chi connectivity index (χ1n) is 7.70. The smallest absolute Gasteiger partial charge is 0.209 e. The van der Waals surface area contributed by atoms with E-state index in [1.54, 1.807) is 6.92 Å². The van der Waals surface area contributed by atoms with E-state index in [1.807, 2.05) is 0 Å². The van der Waals surface area contributed by atoms with E-state index < -0.39 is 34.8 Å². The Kier molecular flexibility index (Phi) is 6.68. The molecule has 0 saturated carbocycles. The average Bonchev–Trinajstić information content (AvgIpc) is 2.50. The van der Waals surface area contributed by atoms with Crippen molar-refractivity contribution in [3.8, 4) is 0 Å². The zero-order valence-electron chi connectivity index (χ0n) is 14.5. The van der Waals surface area contributed by atoms with Crippen molar-refractivity contribution in [2.75, 3.05) is 0 Å². The second-order valence-corrected chi connectivity index (χ2v) is 5.85. The van der Waals surface area contributed by atoms with Gasteiger partial charge in [0.1, 0.15) is 11.6 Å². The summed E-state index contributed by atoms with van der Waals surface area (Å²) >= 11 is 0. The van der Waals surface area contributed by atoms with Crippen LogP contribution in [0.2, 0.25) is 0 Å². The Labute approximate surface area is 143 Å². The number of allylic oxidation sites excluding steroid dienone is 5. The fourth-order valence-corrected chi connectivity index (χ4v) is 2.42. The minimum atomic E-state index is -4.79. The molecular formula is C19H20F6. The fourth-order valence-electron chi connectivity index (χ4n) is 2.42. The second kappa shape index (κ2) is 7.93. The SMILES string of the molecule is C=C(/C=C(\C(F)=C(/F)CCC)c1c(C)cc(F)c(C)c1C)C(F)(F)F. The monoisotopic (exact) mass is 362 g/mol. The minimum Gasteiger partial charge on any atom is -0.209 e. The summed E-state index contributed by atoms with van der Waals surface area (Å²) in [5.41, 5.74) is -1.24. The van der Waals surface area contributed by atoms with Gasteiger partial charge in [-0.1, -0.05) is 13.5 Å². The lowest BCUT2D eigenvalue weighted by atomic mass is 9.90. The molecular weight excluding hydrogens is 342 g/mol. The Morgan fingerprint density at radius 3 is 2.16 bits per heavy atom. The quantitative estimate of drug-likeness (QED) is 0.384. The zero-order valence-corrected chi connectivity index (χ0v) is 14.5. The third kappa shape index (κ3) is 4.77. The molecule has 1 aromatic rings. The number of alkyl halides is 3. The van der Waals surface area contributed by atoms with E-state index in [4.69, 9.17) is 0 Å². The van der Waals surface area contributed by atoms with Gasteiger partial charge < -0.3 is 0 Å². The molecule has 0 saturated heterocycles. The van der Waals surface area contributed by atoms with Crippen LogP contribution in [0, 0.1) is 26.6 Å². The molecule has 0 spiro atoms. The maximum atomic E-state index is 14.6. The van der Waals surface area contributed by atoms with Gasteiger partial charge in [-0.2, -0.15) is 13.2 Å². The Balaban J connectivity index is 3.77. The van der Waals surface area contributed by atoms with Crippen LogP contribution in [0.5, 0.6) is 0 Å². The van der Waals surface area contributed by atoms with Gasteiger partial charge in [0.15, 0.2) is 5.83 Å². The van der Waals surface area contributed by atoms with Crippen LogP contribution in [-0.4, -0.2) is 6.18 Å². The highest BCUT2D eigenvalue weighted by Gasteiger charge is 2.32. The summed E-state index contributed by atoms with van der Waals surface area (Å²) in [6, 6.07) is 1.09. The molecule has 1 rings (SSSR count). The average molecular weight is 362 g/mol. The van der Waals surface area contributed by atoms with Gasteiger partial charge >= 0.3 is 6.18 Å². The van der Waals surface area contributed by atoms with E-state index in [0.717, 1.165) is 6.07 Å². The molecule has 0 nitrogen and oxygen atoms in total. The van der Waals surface area contributed by atoms with Crippen LogP contribution in [0.25, 0.3) is 5.57 Å². The summed E-state index contributed by atoms with van der Waals surface area (Å²) in [4.78, 5) is 0. The van der Waals surface area contributed by atoms with Crippen molar-refractivity contribution in [1.29, 1.82) is 0 Å². The summed E-state index contributed by atoms with van der Waals surface area (Å²) < 4.78 is 81.0. The van der Waals surface area contributed by atoms with Crippen LogP contribution in [0.1, 0.15) is 42.0 Å². The summed E-state index contributed by atoms with van der Waals surface area (Å²) in [6.45, 7) is 8.81. The van der Waals surface area contributed by atoms with Gasteiger partial charge in [0.05, 0.1) is 0 Å². The van der Waals surface area contributed by atoms with Crippen molar-refractivity contribution < 1.29 is 26.3 Å². The molecule has 0 N–H and O–H groups in total. The highest BCUT2D eigenvalue weighted by atomic mass is 19.4. The number of halogens is 6. The van der Waals surface area contributed by atoms with Gasteiger partial charge in [-0.25, -0.2) is 13.2 Å². The molecule has 0 heterocycles. The van der Waals surface area contributed by atoms with Crippen LogP contribution in [0.15, 0.2) is 35.9 Å². The highest BCUT2D eigenvalue weighted by Crippen LogP contribution is 2.38. The van der Waals surface area contributed by atoms with Gasteiger partial charge in [0.2, 0.25) is 0 Å². The molecule has 0 unspecified atom stereocenters. The van der Waals surface area contributed by atoms with E-state index in [0.29, 0.717) is 6.08 Å². The molecule has 6 heteroatoms. The lowest BCUT2D eigenvalue weighted by Crippen LogP contribution is -2.10. The van der Waals surface area contributed by atoms with E-state index >= 15 is 0 Å². The summed E-state index contributed by atoms with van der Waals surface area (Å²) in [5.74, 6) is -3.10. The fraction of sp³-hybridized carbons (Fsp3) is 0.368. The third-order valence-electron chi connectivity index (χ3n) is 3.93. The molecule has 0 atom stereocenters. The molecule has 0 fully saturated rings. The maximum absolute atomic E-state index is 14.6. The number of rotatable bonds is 5. The predicted molar refractivity (Wildman–Crippen MR) is 87.9 cm³/mol. The Hall–Kier alpha value is -1.98. The molecule has 0 aliphatic heterocycles. The molecule has 0 amide bonds. The van der Waals surface area contributed by atoms with Gasteiger partial charge in [0.25, 0.3) is 0 Å². The molecule has 25 heavy (non-hydrogen) atoms. The molecule has 1 aromatic carbocycles. The van der Waals surface area contributed by atoms with Crippen molar-refractivity contribution in [2.45, 2.75) is 46.7 Å². The summed E-state index contributed by atoms with van der Waals surface area (Å²) in [5, 5.41) is 0. The maximum Gasteiger partial charge on any atom is 0.415 e. The Morgan fingerprint density at radius 2 is 1.68 bits per heavy atom. The number of benzene rings is 1. The lowest BCUT2D eigenvalue weighted by Gasteiger charge is -2.17. The third-order valence-corrected chi connectivity index (χ3v) is 3.93. The van der Waals surface area contributed by atoms with E-state index in [9.17, 15) is 26.3 Å². The topological polar surface area (TPSA) is 0 Å². The van der Waals surface area contributed by atoms with Gasteiger partial charge in [-0.3, -0.25) is 0 Å². The molecule has 0 aliphatic carbocycles. The van der Waals surface area contributed by atoms with Crippen LogP contribution in [0.4, 0.5) is 26.3 Å². The molecule has 0 bridgehead atoms. The molecule has 0 aromatic heterocycles. The summed E-state index contributed by atoms with van der Waals surface area (Å²) in [6.07, 6.45) is -4.28. The largest absolute Gasteiger partial charge is 0.415 e. The van der Waals surface area contributed by atoms with E-state index in [-0.39, 0.29) is 35.1 Å². The highest BCUT2D eigenvalue weighted by molar-refractivity contribution is 5.83. The number of aryl methyl sites for hydroxylation is 1. The number of hydrogen-bond donors (Lipinski definition) is 0. The van der Waals surface area contributed by atoms with Gasteiger partial charge in [-0.15, -0.1) is 0 Å². The van der Waals surface area contributed by atoms with Crippen molar-refractivity contribution in [1.82, 2.24) is 0 Å². The van der Waals surface area contributed by atoms with Crippen LogP contribution >= 0.6 is 0 Å². The summed E-state index contributed by atoms with van der Waals surface area (Å²) in [7, 11) is 0. The first-order chi connectivity index (χ1) is 11.4.